The van der Waals surface area contributed by atoms with Crippen LogP contribution < -0.4 is 10.6 Å². The highest BCUT2D eigenvalue weighted by Crippen LogP contribution is 2.10. The molecule has 0 bridgehead atoms. The fourth-order valence-electron chi connectivity index (χ4n) is 1.70. The van der Waals surface area contributed by atoms with Gasteiger partial charge in [-0.25, -0.2) is 9.18 Å². The summed E-state index contributed by atoms with van der Waals surface area (Å²) < 4.78 is 12.9. The summed E-state index contributed by atoms with van der Waals surface area (Å²) >= 11 is 5.85. The fraction of sp³-hybridized carbons (Fsp3) is 0.0625. The van der Waals surface area contributed by atoms with Crippen molar-refractivity contribution in [2.24, 2.45) is 0 Å². The van der Waals surface area contributed by atoms with Gasteiger partial charge in [0.15, 0.2) is 0 Å². The second-order valence-electron chi connectivity index (χ2n) is 4.35. The number of hydrogen-bond donors (Lipinski definition) is 2. The van der Waals surface area contributed by atoms with Crippen molar-refractivity contribution < 1.29 is 9.18 Å². The van der Waals surface area contributed by atoms with Crippen LogP contribution in [0, 0.1) is 5.82 Å². The average molecular weight is 305 g/mol. The van der Waals surface area contributed by atoms with E-state index in [4.69, 9.17) is 11.6 Å². The minimum Gasteiger partial charge on any atom is -0.334 e. The number of amides is 2. The van der Waals surface area contributed by atoms with Crippen molar-refractivity contribution in [3.05, 3.63) is 76.7 Å². The van der Waals surface area contributed by atoms with E-state index in [1.165, 1.54) is 18.3 Å². The molecule has 0 atom stereocenters. The predicted octanol–water partition coefficient (Wildman–Crippen LogP) is 3.95. The van der Waals surface area contributed by atoms with Crippen molar-refractivity contribution in [3.63, 3.8) is 0 Å². The number of hydrogen-bond acceptors (Lipinski definition) is 1. The molecule has 108 valence electrons. The van der Waals surface area contributed by atoms with E-state index < -0.39 is 0 Å². The largest absolute Gasteiger partial charge is 0.334 e. The van der Waals surface area contributed by atoms with Crippen LogP contribution in [0.2, 0.25) is 5.02 Å². The Morgan fingerprint density at radius 3 is 2.76 bits per heavy atom. The van der Waals surface area contributed by atoms with Crippen LogP contribution in [-0.4, -0.2) is 6.03 Å². The molecule has 0 saturated heterocycles. The summed E-state index contributed by atoms with van der Waals surface area (Å²) in [6, 6.07) is 13.0. The maximum atomic E-state index is 12.9. The molecular formula is C16H14ClFN2O. The number of rotatable bonds is 4. The molecule has 2 aromatic carbocycles. The van der Waals surface area contributed by atoms with E-state index in [0.29, 0.717) is 17.1 Å². The van der Waals surface area contributed by atoms with Crippen LogP contribution in [0.5, 0.6) is 0 Å². The maximum absolute atomic E-state index is 12.9. The Kier molecular flexibility index (Phi) is 5.35. The van der Waals surface area contributed by atoms with Crippen LogP contribution in [0.3, 0.4) is 0 Å². The molecule has 0 aliphatic rings. The monoisotopic (exact) mass is 304 g/mol. The third-order valence-electron chi connectivity index (χ3n) is 2.68. The highest BCUT2D eigenvalue weighted by molar-refractivity contribution is 6.30. The molecular weight excluding hydrogens is 291 g/mol. The number of halogens is 2. The molecule has 0 unspecified atom stereocenters. The van der Waals surface area contributed by atoms with Crippen LogP contribution in [0.15, 0.2) is 54.7 Å². The molecule has 5 heteroatoms. The Hall–Kier alpha value is -2.33. The van der Waals surface area contributed by atoms with Gasteiger partial charge in [-0.15, -0.1) is 0 Å². The Morgan fingerprint density at radius 2 is 2.00 bits per heavy atom. The molecule has 0 aliphatic carbocycles. The summed E-state index contributed by atoms with van der Waals surface area (Å²) in [4.78, 5) is 11.6. The lowest BCUT2D eigenvalue weighted by atomic mass is 10.2. The fourth-order valence-corrected chi connectivity index (χ4v) is 1.92. The molecule has 0 aliphatic heterocycles. The first-order chi connectivity index (χ1) is 10.1. The Labute approximate surface area is 127 Å². The topological polar surface area (TPSA) is 41.1 Å². The zero-order valence-corrected chi connectivity index (χ0v) is 11.9. The zero-order chi connectivity index (χ0) is 15.1. The van der Waals surface area contributed by atoms with Gasteiger partial charge in [0.05, 0.1) is 0 Å². The second-order valence-corrected chi connectivity index (χ2v) is 4.78. The van der Waals surface area contributed by atoms with E-state index in [9.17, 15) is 9.18 Å². The highest BCUT2D eigenvalue weighted by atomic mass is 35.5. The van der Waals surface area contributed by atoms with Crippen molar-refractivity contribution in [2.75, 3.05) is 0 Å². The van der Waals surface area contributed by atoms with Crippen molar-refractivity contribution in [3.8, 4) is 0 Å². The lowest BCUT2D eigenvalue weighted by Gasteiger charge is -2.05. The predicted molar refractivity (Wildman–Crippen MR) is 82.3 cm³/mol. The van der Waals surface area contributed by atoms with Gasteiger partial charge in [-0.2, -0.15) is 0 Å². The van der Waals surface area contributed by atoms with Crippen molar-refractivity contribution >= 4 is 23.7 Å². The van der Waals surface area contributed by atoms with Gasteiger partial charge in [-0.1, -0.05) is 35.9 Å². The van der Waals surface area contributed by atoms with Crippen LogP contribution in [0.4, 0.5) is 9.18 Å². The van der Waals surface area contributed by atoms with E-state index >= 15 is 0 Å². The first-order valence-electron chi connectivity index (χ1n) is 6.34. The molecule has 2 N–H and O–H groups in total. The second kappa shape index (κ2) is 7.45. The molecule has 2 aromatic rings. The van der Waals surface area contributed by atoms with Gasteiger partial charge in [0.1, 0.15) is 5.82 Å². The standard InChI is InChI=1S/C16H14ClFN2O/c17-14-5-1-4-13(9-14)11-20-16(21)19-8-7-12-3-2-6-15(18)10-12/h1-10H,11H2,(H2,19,20,21)/b8-7+. The van der Waals surface area contributed by atoms with Crippen LogP contribution in [0.25, 0.3) is 6.08 Å². The van der Waals surface area contributed by atoms with Crippen LogP contribution in [0.1, 0.15) is 11.1 Å². The SMILES string of the molecule is O=C(N/C=C/c1cccc(F)c1)NCc1cccc(Cl)c1. The van der Waals surface area contributed by atoms with E-state index in [-0.39, 0.29) is 11.8 Å². The van der Waals surface area contributed by atoms with E-state index in [2.05, 4.69) is 10.6 Å². The quantitative estimate of drug-likeness (QED) is 0.882. The minimum atomic E-state index is -0.345. The molecule has 21 heavy (non-hydrogen) atoms. The van der Waals surface area contributed by atoms with Gasteiger partial charge in [0.25, 0.3) is 0 Å². The summed E-state index contributed by atoms with van der Waals surface area (Å²) in [5.74, 6) is -0.317. The molecule has 0 fully saturated rings. The first kappa shape index (κ1) is 15.1. The molecule has 0 radical (unpaired) electrons. The van der Waals surface area contributed by atoms with Crippen LogP contribution >= 0.6 is 11.6 Å². The summed E-state index contributed by atoms with van der Waals surface area (Å²) in [5.41, 5.74) is 1.58. The maximum Gasteiger partial charge on any atom is 0.319 e. The van der Waals surface area contributed by atoms with E-state index in [1.54, 1.807) is 30.3 Å². The van der Waals surface area contributed by atoms with Gasteiger partial charge >= 0.3 is 6.03 Å². The number of carbonyl (C=O) groups excluding carboxylic acids is 1. The molecule has 2 amide bonds. The van der Waals surface area contributed by atoms with Crippen molar-refractivity contribution in [1.29, 1.82) is 0 Å². The summed E-state index contributed by atoms with van der Waals surface area (Å²) in [5, 5.41) is 5.86. The van der Waals surface area contributed by atoms with Crippen molar-refractivity contribution in [2.45, 2.75) is 6.54 Å². The smallest absolute Gasteiger partial charge is 0.319 e. The van der Waals surface area contributed by atoms with Gasteiger partial charge < -0.3 is 10.6 Å². The summed E-state index contributed by atoms with van der Waals surface area (Å²) in [7, 11) is 0. The highest BCUT2D eigenvalue weighted by Gasteiger charge is 1.98. The average Bonchev–Trinajstić information content (AvgIpc) is 2.45. The summed E-state index contributed by atoms with van der Waals surface area (Å²) in [6.45, 7) is 0.375. The van der Waals surface area contributed by atoms with Gasteiger partial charge in [0, 0.05) is 17.8 Å². The molecule has 2 rings (SSSR count). The minimum absolute atomic E-state index is 0.317. The molecule has 0 saturated carbocycles. The zero-order valence-electron chi connectivity index (χ0n) is 11.1. The lowest BCUT2D eigenvalue weighted by Crippen LogP contribution is -2.31. The number of benzene rings is 2. The van der Waals surface area contributed by atoms with Gasteiger partial charge in [-0.3, -0.25) is 0 Å². The van der Waals surface area contributed by atoms with Crippen molar-refractivity contribution in [1.82, 2.24) is 10.6 Å². The molecule has 0 spiro atoms. The lowest BCUT2D eigenvalue weighted by molar-refractivity contribution is 0.244. The molecule has 0 aromatic heterocycles. The first-order valence-corrected chi connectivity index (χ1v) is 6.72. The Bertz CT molecular complexity index is 658. The number of carbonyl (C=O) groups is 1. The normalized spacial score (nSPS) is 10.6. The van der Waals surface area contributed by atoms with Gasteiger partial charge in [-0.05, 0) is 41.5 Å². The molecule has 0 heterocycles. The van der Waals surface area contributed by atoms with Gasteiger partial charge in [0.2, 0.25) is 0 Å². The van der Waals surface area contributed by atoms with E-state index in [0.717, 1.165) is 5.56 Å². The third-order valence-corrected chi connectivity index (χ3v) is 2.92. The van der Waals surface area contributed by atoms with Crippen LogP contribution in [-0.2, 0) is 6.54 Å². The van der Waals surface area contributed by atoms with E-state index in [1.807, 2.05) is 12.1 Å². The number of nitrogens with one attached hydrogen (secondary N) is 2. The summed E-state index contributed by atoms with van der Waals surface area (Å²) in [6.07, 6.45) is 3.07. The Balaban J connectivity index is 1.80. The number of urea groups is 1. The third kappa shape index (κ3) is 5.28. The Morgan fingerprint density at radius 1 is 1.19 bits per heavy atom. The molecule has 3 nitrogen and oxygen atoms in total.